The second kappa shape index (κ2) is 9.93. The van der Waals surface area contributed by atoms with E-state index in [1.165, 1.54) is 11.1 Å². The summed E-state index contributed by atoms with van der Waals surface area (Å²) in [7, 11) is 3.56. The number of aryl methyl sites for hydroxylation is 3. The van der Waals surface area contributed by atoms with Crippen LogP contribution in [0.1, 0.15) is 72.0 Å². The molecule has 2 unspecified atom stereocenters. The first-order valence-electron chi connectivity index (χ1n) is 13.9. The maximum atomic E-state index is 12.1. The van der Waals surface area contributed by atoms with Gasteiger partial charge >= 0.3 is 5.97 Å². The number of fused-ring (bicyclic) bond motifs is 3. The van der Waals surface area contributed by atoms with Crippen LogP contribution in [0.5, 0.6) is 11.5 Å². The van der Waals surface area contributed by atoms with Gasteiger partial charge in [0.05, 0.1) is 19.0 Å². The lowest BCUT2D eigenvalue weighted by atomic mass is 9.84. The van der Waals surface area contributed by atoms with Crippen LogP contribution in [0.15, 0.2) is 48.5 Å². The van der Waals surface area contributed by atoms with Gasteiger partial charge in [0.25, 0.3) is 0 Å². The Bertz CT molecular complexity index is 1610. The fraction of sp³-hybridized carbons (Fsp3) is 0.406. The molecular weight excluding hydrogens is 504 g/mol. The number of nitrogens with zero attached hydrogens (tertiary/aromatic N) is 4. The van der Waals surface area contributed by atoms with E-state index in [1.54, 1.807) is 11.8 Å². The SMILES string of the molecule is COc1ccc2c(c1)CN(C1CCc3ccc(C(CC(=O)O)c4ccc5c(nnn5C)c4C)cc31)CC(C)(C)O2. The van der Waals surface area contributed by atoms with E-state index in [0.717, 1.165) is 70.7 Å². The van der Waals surface area contributed by atoms with Crippen molar-refractivity contribution in [2.45, 2.75) is 64.1 Å². The lowest BCUT2D eigenvalue weighted by Gasteiger charge is -2.34. The number of carbonyl (C=O) groups is 1. The average Bonchev–Trinajstić information content (AvgIpc) is 3.47. The van der Waals surface area contributed by atoms with Crippen LogP contribution < -0.4 is 9.47 Å². The van der Waals surface area contributed by atoms with Crippen molar-refractivity contribution in [1.82, 2.24) is 19.9 Å². The molecule has 3 aromatic carbocycles. The molecule has 1 aliphatic heterocycles. The molecule has 0 saturated carbocycles. The molecule has 0 bridgehead atoms. The number of methoxy groups -OCH3 is 1. The second-order valence-electron chi connectivity index (χ2n) is 11.8. The van der Waals surface area contributed by atoms with Crippen molar-refractivity contribution in [3.05, 3.63) is 81.9 Å². The third kappa shape index (κ3) is 4.70. The Morgan fingerprint density at radius 1 is 1.18 bits per heavy atom. The number of ether oxygens (including phenoxy) is 2. The highest BCUT2D eigenvalue weighted by Crippen LogP contribution is 2.43. The number of carboxylic acid groups (broad SMARTS) is 1. The summed E-state index contributed by atoms with van der Waals surface area (Å²) in [4.78, 5) is 14.6. The van der Waals surface area contributed by atoms with Gasteiger partial charge in [-0.1, -0.05) is 29.5 Å². The van der Waals surface area contributed by atoms with E-state index in [2.05, 4.69) is 53.3 Å². The van der Waals surface area contributed by atoms with Crippen LogP contribution in [0.4, 0.5) is 0 Å². The Labute approximate surface area is 234 Å². The molecule has 2 heterocycles. The van der Waals surface area contributed by atoms with Crippen molar-refractivity contribution >= 4 is 17.0 Å². The quantitative estimate of drug-likeness (QED) is 0.343. The van der Waals surface area contributed by atoms with Crippen molar-refractivity contribution < 1.29 is 19.4 Å². The molecular formula is C32H36N4O4. The molecule has 8 heteroatoms. The molecule has 0 amide bonds. The smallest absolute Gasteiger partial charge is 0.304 e. The number of hydrogen-bond donors (Lipinski definition) is 1. The maximum Gasteiger partial charge on any atom is 0.304 e. The topological polar surface area (TPSA) is 89.7 Å². The van der Waals surface area contributed by atoms with Crippen molar-refractivity contribution in [3.63, 3.8) is 0 Å². The molecule has 0 saturated heterocycles. The summed E-state index contributed by atoms with van der Waals surface area (Å²) in [6.45, 7) is 7.83. The number of benzene rings is 3. The van der Waals surface area contributed by atoms with Gasteiger partial charge in [0.15, 0.2) is 0 Å². The molecule has 1 N–H and O–H groups in total. The van der Waals surface area contributed by atoms with E-state index in [1.807, 2.05) is 38.2 Å². The molecule has 6 rings (SSSR count). The molecule has 1 aromatic heterocycles. The van der Waals surface area contributed by atoms with Crippen molar-refractivity contribution in [2.24, 2.45) is 7.05 Å². The highest BCUT2D eigenvalue weighted by atomic mass is 16.5. The average molecular weight is 541 g/mol. The molecule has 0 radical (unpaired) electrons. The minimum atomic E-state index is -0.822. The molecule has 0 spiro atoms. The largest absolute Gasteiger partial charge is 0.497 e. The molecule has 2 aliphatic rings. The molecule has 2 atom stereocenters. The van der Waals surface area contributed by atoms with Gasteiger partial charge in [-0.05, 0) is 85.7 Å². The normalized spacial score (nSPS) is 19.0. The van der Waals surface area contributed by atoms with E-state index in [4.69, 9.17) is 9.47 Å². The van der Waals surface area contributed by atoms with Crippen LogP contribution in [0.3, 0.4) is 0 Å². The van der Waals surface area contributed by atoms with Gasteiger partial charge < -0.3 is 14.6 Å². The third-order valence-corrected chi connectivity index (χ3v) is 8.50. The first-order valence-corrected chi connectivity index (χ1v) is 13.9. The Morgan fingerprint density at radius 2 is 2.00 bits per heavy atom. The summed E-state index contributed by atoms with van der Waals surface area (Å²) in [5.41, 5.74) is 8.10. The van der Waals surface area contributed by atoms with E-state index in [9.17, 15) is 9.90 Å². The van der Waals surface area contributed by atoms with Crippen molar-refractivity contribution in [1.29, 1.82) is 0 Å². The fourth-order valence-corrected chi connectivity index (χ4v) is 6.62. The molecule has 40 heavy (non-hydrogen) atoms. The zero-order valence-electron chi connectivity index (χ0n) is 23.8. The summed E-state index contributed by atoms with van der Waals surface area (Å²) in [6.07, 6.45) is 2.02. The molecule has 208 valence electrons. The Balaban J connectivity index is 1.39. The minimum Gasteiger partial charge on any atom is -0.497 e. The highest BCUT2D eigenvalue weighted by molar-refractivity contribution is 5.80. The molecule has 0 fully saturated rings. The Kier molecular flexibility index (Phi) is 6.53. The highest BCUT2D eigenvalue weighted by Gasteiger charge is 2.36. The summed E-state index contributed by atoms with van der Waals surface area (Å²) in [6, 6.07) is 16.8. The van der Waals surface area contributed by atoms with Crippen LogP contribution in [0.25, 0.3) is 11.0 Å². The Hall–Kier alpha value is -3.91. The number of rotatable bonds is 6. The lowest BCUT2D eigenvalue weighted by molar-refractivity contribution is -0.137. The van der Waals surface area contributed by atoms with Crippen molar-refractivity contribution in [3.8, 4) is 11.5 Å². The van der Waals surface area contributed by atoms with Gasteiger partial charge in [-0.2, -0.15) is 0 Å². The summed E-state index contributed by atoms with van der Waals surface area (Å²) in [5, 5.41) is 18.5. The summed E-state index contributed by atoms with van der Waals surface area (Å²) in [5.74, 6) is 0.613. The molecule has 1 aliphatic carbocycles. The predicted molar refractivity (Wildman–Crippen MR) is 153 cm³/mol. The maximum absolute atomic E-state index is 12.1. The molecule has 8 nitrogen and oxygen atoms in total. The van der Waals surface area contributed by atoms with Crippen molar-refractivity contribution in [2.75, 3.05) is 13.7 Å². The van der Waals surface area contributed by atoms with Crippen LogP contribution in [0.2, 0.25) is 0 Å². The van der Waals surface area contributed by atoms with Gasteiger partial charge in [0.2, 0.25) is 0 Å². The van der Waals surface area contributed by atoms with Crippen LogP contribution in [0, 0.1) is 6.92 Å². The van der Waals surface area contributed by atoms with Crippen LogP contribution >= 0.6 is 0 Å². The number of hydrogen-bond acceptors (Lipinski definition) is 6. The van der Waals surface area contributed by atoms with Gasteiger partial charge in [-0.15, -0.1) is 5.10 Å². The predicted octanol–water partition coefficient (Wildman–Crippen LogP) is 5.55. The third-order valence-electron chi connectivity index (χ3n) is 8.50. The number of carboxylic acids is 1. The minimum absolute atomic E-state index is 0.00776. The van der Waals surface area contributed by atoms with Gasteiger partial charge in [-0.3, -0.25) is 9.69 Å². The number of aromatic nitrogens is 3. The first-order chi connectivity index (χ1) is 19.1. The Morgan fingerprint density at radius 3 is 2.77 bits per heavy atom. The standard InChI is InChI=1S/C32H36N4O4/c1-19-24(10-12-28-31(19)33-34-35(28)4)25(16-30(37)38)21-7-6-20-8-11-27(26(20)15-21)36-17-22-14-23(39-5)9-13-29(22)40-32(2,3)18-36/h6-7,9-10,12-15,25,27H,8,11,16-18H2,1-5H3,(H,37,38). The van der Waals surface area contributed by atoms with E-state index < -0.39 is 5.97 Å². The first kappa shape index (κ1) is 26.3. The zero-order chi connectivity index (χ0) is 28.2. The van der Waals surface area contributed by atoms with Gasteiger partial charge in [0.1, 0.15) is 22.6 Å². The van der Waals surface area contributed by atoms with Crippen LogP contribution in [-0.2, 0) is 24.8 Å². The van der Waals surface area contributed by atoms with E-state index >= 15 is 0 Å². The summed E-state index contributed by atoms with van der Waals surface area (Å²) >= 11 is 0. The monoisotopic (exact) mass is 540 g/mol. The van der Waals surface area contributed by atoms with Gasteiger partial charge in [-0.25, -0.2) is 4.68 Å². The second-order valence-corrected chi connectivity index (χ2v) is 11.8. The zero-order valence-corrected chi connectivity index (χ0v) is 23.8. The lowest BCUT2D eigenvalue weighted by Crippen LogP contribution is -2.41. The van der Waals surface area contributed by atoms with Gasteiger partial charge in [0, 0.05) is 37.7 Å². The number of aliphatic carboxylic acids is 1. The molecule has 4 aromatic rings. The summed E-state index contributed by atoms with van der Waals surface area (Å²) < 4.78 is 13.7. The fourth-order valence-electron chi connectivity index (χ4n) is 6.62. The van der Waals surface area contributed by atoms with Crippen LogP contribution in [-0.4, -0.2) is 50.2 Å². The van der Waals surface area contributed by atoms with E-state index in [0.29, 0.717) is 0 Å². The van der Waals surface area contributed by atoms with E-state index in [-0.39, 0.29) is 24.0 Å².